The Morgan fingerprint density at radius 1 is 1.26 bits per heavy atom. The molecule has 0 aromatic carbocycles. The second-order valence-electron chi connectivity index (χ2n) is 5.52. The topological polar surface area (TPSA) is 77.0 Å². The number of hydrogen-bond donors (Lipinski definition) is 1. The molecule has 1 fully saturated rings. The summed E-state index contributed by atoms with van der Waals surface area (Å²) in [6, 6.07) is 0.525. The van der Waals surface area contributed by atoms with Gasteiger partial charge in [0.25, 0.3) is 5.91 Å². The van der Waals surface area contributed by atoms with E-state index in [1.165, 1.54) is 23.7 Å². The van der Waals surface area contributed by atoms with Crippen LogP contribution in [0.25, 0.3) is 0 Å². The third-order valence-corrected chi connectivity index (χ3v) is 4.95. The molecule has 0 atom stereocenters. The summed E-state index contributed by atoms with van der Waals surface area (Å²) < 4.78 is 5.75. The number of aryl methyl sites for hydroxylation is 1. The maximum Gasteiger partial charge on any atom is 0.316 e. The third-order valence-electron chi connectivity index (χ3n) is 3.83. The number of halogens is 1. The van der Waals surface area contributed by atoms with Crippen LogP contribution in [0.4, 0.5) is 0 Å². The fraction of sp³-hybridized carbons (Fsp3) is 0.467. The summed E-state index contributed by atoms with van der Waals surface area (Å²) in [4.78, 5) is 25.1. The zero-order valence-electron chi connectivity index (χ0n) is 12.7. The van der Waals surface area contributed by atoms with Crippen molar-refractivity contribution in [3.05, 3.63) is 33.5 Å². The van der Waals surface area contributed by atoms with E-state index in [1.807, 2.05) is 6.92 Å². The normalized spacial score (nSPS) is 21.0. The van der Waals surface area contributed by atoms with E-state index in [9.17, 15) is 4.79 Å². The minimum absolute atomic E-state index is 0.0320. The van der Waals surface area contributed by atoms with Gasteiger partial charge in [-0.2, -0.15) is 0 Å². The highest BCUT2D eigenvalue weighted by Gasteiger charge is 2.25. The molecule has 0 saturated heterocycles. The Bertz CT molecular complexity index is 668. The number of carbonyl (C=O) groups is 1. The largest absolute Gasteiger partial charge is 0.460 e. The van der Waals surface area contributed by atoms with Crippen LogP contribution in [0.3, 0.4) is 0 Å². The lowest BCUT2D eigenvalue weighted by Gasteiger charge is -2.28. The number of nitrogens with one attached hydrogen (secondary N) is 1. The number of aromatic nitrogens is 3. The lowest BCUT2D eigenvalue weighted by atomic mass is 9.93. The molecule has 1 aliphatic carbocycles. The molecule has 6 nitrogen and oxygen atoms in total. The maximum atomic E-state index is 12.2. The van der Waals surface area contributed by atoms with Crippen LogP contribution in [-0.2, 0) is 0 Å². The van der Waals surface area contributed by atoms with E-state index < -0.39 is 0 Å². The Kier molecular flexibility index (Phi) is 5.07. The maximum absolute atomic E-state index is 12.2. The molecule has 1 N–H and O–H groups in total. The van der Waals surface area contributed by atoms with Gasteiger partial charge in [0, 0.05) is 6.04 Å². The highest BCUT2D eigenvalue weighted by Crippen LogP contribution is 2.23. The zero-order chi connectivity index (χ0) is 16.2. The lowest BCUT2D eigenvalue weighted by Crippen LogP contribution is -2.39. The van der Waals surface area contributed by atoms with Crippen LogP contribution in [0.1, 0.15) is 41.0 Å². The molecule has 1 amide bonds. The molecule has 8 heteroatoms. The van der Waals surface area contributed by atoms with Crippen LogP contribution in [0.15, 0.2) is 17.9 Å². The van der Waals surface area contributed by atoms with Gasteiger partial charge in [0.2, 0.25) is 0 Å². The number of nitrogens with zero attached hydrogens (tertiary/aromatic N) is 3. The van der Waals surface area contributed by atoms with Crippen molar-refractivity contribution in [1.82, 2.24) is 20.3 Å². The molecule has 1 saturated carbocycles. The van der Waals surface area contributed by atoms with Crippen LogP contribution >= 0.6 is 22.9 Å². The number of ether oxygens (including phenoxy) is 1. The van der Waals surface area contributed by atoms with Crippen molar-refractivity contribution in [3.8, 4) is 6.01 Å². The summed E-state index contributed by atoms with van der Waals surface area (Å²) in [6.45, 7) is 1.85. The molecule has 0 radical (unpaired) electrons. The second kappa shape index (κ2) is 7.23. The fourth-order valence-electron chi connectivity index (χ4n) is 2.61. The summed E-state index contributed by atoms with van der Waals surface area (Å²) in [5.74, 6) is -0.0320. The molecule has 1 aliphatic rings. The fourth-order valence-corrected chi connectivity index (χ4v) is 3.41. The van der Waals surface area contributed by atoms with Gasteiger partial charge in [0.15, 0.2) is 0 Å². The standard InChI is InChI=1S/C15H17ClN4O2S/c1-9-13(23-8-19-9)14(21)20-11-2-4-12(5-3-11)22-15-17-6-10(16)7-18-15/h6-8,11-12H,2-5H2,1H3,(H,20,21). The molecular weight excluding hydrogens is 336 g/mol. The zero-order valence-corrected chi connectivity index (χ0v) is 14.2. The van der Waals surface area contributed by atoms with Gasteiger partial charge in [0.1, 0.15) is 11.0 Å². The first-order valence-electron chi connectivity index (χ1n) is 7.47. The Morgan fingerprint density at radius 2 is 1.96 bits per heavy atom. The number of amides is 1. The van der Waals surface area contributed by atoms with Gasteiger partial charge in [0.05, 0.1) is 28.6 Å². The van der Waals surface area contributed by atoms with Gasteiger partial charge in [-0.05, 0) is 32.6 Å². The Hall–Kier alpha value is -1.73. The predicted octanol–water partition coefficient (Wildman–Crippen LogP) is 3.01. The molecule has 0 unspecified atom stereocenters. The summed E-state index contributed by atoms with van der Waals surface area (Å²) in [7, 11) is 0. The Morgan fingerprint density at radius 3 is 2.57 bits per heavy atom. The van der Waals surface area contributed by atoms with Gasteiger partial charge in [-0.3, -0.25) is 4.79 Å². The van der Waals surface area contributed by atoms with Crippen molar-refractivity contribution in [2.75, 3.05) is 0 Å². The van der Waals surface area contributed by atoms with E-state index in [-0.39, 0.29) is 18.1 Å². The second-order valence-corrected chi connectivity index (χ2v) is 6.81. The van der Waals surface area contributed by atoms with E-state index in [0.717, 1.165) is 31.4 Å². The molecule has 122 valence electrons. The van der Waals surface area contributed by atoms with Gasteiger partial charge in [-0.25, -0.2) is 15.0 Å². The summed E-state index contributed by atoms with van der Waals surface area (Å²) in [5, 5.41) is 3.57. The van der Waals surface area contributed by atoms with Gasteiger partial charge in [-0.1, -0.05) is 11.6 Å². The van der Waals surface area contributed by atoms with Crippen molar-refractivity contribution in [3.63, 3.8) is 0 Å². The molecule has 2 aromatic heterocycles. The van der Waals surface area contributed by atoms with Crippen molar-refractivity contribution in [1.29, 1.82) is 0 Å². The quantitative estimate of drug-likeness (QED) is 0.915. The summed E-state index contributed by atoms with van der Waals surface area (Å²) >= 11 is 7.13. The molecule has 0 spiro atoms. The number of rotatable bonds is 4. The van der Waals surface area contributed by atoms with Gasteiger partial charge < -0.3 is 10.1 Å². The molecule has 2 heterocycles. The van der Waals surface area contributed by atoms with Crippen molar-refractivity contribution < 1.29 is 9.53 Å². The Balaban J connectivity index is 1.48. The average Bonchev–Trinajstić information content (AvgIpc) is 2.98. The number of thiazole rings is 1. The first-order chi connectivity index (χ1) is 11.1. The van der Waals surface area contributed by atoms with Crippen LogP contribution in [0, 0.1) is 6.92 Å². The van der Waals surface area contributed by atoms with Crippen molar-refractivity contribution in [2.45, 2.75) is 44.8 Å². The Labute approximate surface area is 143 Å². The van der Waals surface area contributed by atoms with E-state index in [1.54, 1.807) is 5.51 Å². The molecule has 2 aromatic rings. The van der Waals surface area contributed by atoms with Crippen LogP contribution < -0.4 is 10.1 Å². The van der Waals surface area contributed by atoms with Crippen molar-refractivity contribution in [2.24, 2.45) is 0 Å². The van der Waals surface area contributed by atoms with Crippen molar-refractivity contribution >= 4 is 28.8 Å². The number of hydrogen-bond acceptors (Lipinski definition) is 6. The first-order valence-corrected chi connectivity index (χ1v) is 8.72. The highest BCUT2D eigenvalue weighted by atomic mass is 35.5. The SMILES string of the molecule is Cc1ncsc1C(=O)NC1CCC(Oc2ncc(Cl)cn2)CC1. The van der Waals surface area contributed by atoms with E-state index in [2.05, 4.69) is 20.3 Å². The van der Waals surface area contributed by atoms with E-state index >= 15 is 0 Å². The third kappa shape index (κ3) is 4.17. The smallest absolute Gasteiger partial charge is 0.316 e. The molecule has 0 aliphatic heterocycles. The molecule has 23 heavy (non-hydrogen) atoms. The lowest BCUT2D eigenvalue weighted by molar-refractivity contribution is 0.0888. The minimum Gasteiger partial charge on any atom is -0.460 e. The predicted molar refractivity (Wildman–Crippen MR) is 88.0 cm³/mol. The first kappa shape index (κ1) is 16.1. The molecule has 0 bridgehead atoms. The van der Waals surface area contributed by atoms with Gasteiger partial charge >= 0.3 is 6.01 Å². The average molecular weight is 353 g/mol. The van der Waals surface area contributed by atoms with Crippen LogP contribution in [0.5, 0.6) is 6.01 Å². The monoisotopic (exact) mass is 352 g/mol. The molecule has 3 rings (SSSR count). The molecular formula is C15H17ClN4O2S. The summed E-state index contributed by atoms with van der Waals surface area (Å²) in [5.41, 5.74) is 2.48. The van der Waals surface area contributed by atoms with E-state index in [0.29, 0.717) is 15.9 Å². The minimum atomic E-state index is -0.0320. The van der Waals surface area contributed by atoms with E-state index in [4.69, 9.17) is 16.3 Å². The number of carbonyl (C=O) groups excluding carboxylic acids is 1. The van der Waals surface area contributed by atoms with Crippen LogP contribution in [-0.4, -0.2) is 33.0 Å². The van der Waals surface area contributed by atoms with Gasteiger partial charge in [-0.15, -0.1) is 11.3 Å². The van der Waals surface area contributed by atoms with Crippen LogP contribution in [0.2, 0.25) is 5.02 Å². The highest BCUT2D eigenvalue weighted by molar-refractivity contribution is 7.11. The summed E-state index contributed by atoms with van der Waals surface area (Å²) in [6.07, 6.45) is 6.59.